The number of halogens is 1. The molecule has 0 aliphatic heterocycles. The molecule has 0 spiro atoms. The third kappa shape index (κ3) is 4.14. The lowest BCUT2D eigenvalue weighted by atomic mass is 10.2. The van der Waals surface area contributed by atoms with Gasteiger partial charge in [0.2, 0.25) is 0 Å². The lowest BCUT2D eigenvalue weighted by molar-refractivity contribution is 0.262. The van der Waals surface area contributed by atoms with Crippen LogP contribution in [0.25, 0.3) is 5.69 Å². The molecule has 1 aliphatic rings. The van der Waals surface area contributed by atoms with Gasteiger partial charge in [0.1, 0.15) is 5.82 Å². The Balaban J connectivity index is 1.55. The number of carbonyl (C=O) groups is 1. The van der Waals surface area contributed by atoms with Gasteiger partial charge < -0.3 is 5.32 Å². The van der Waals surface area contributed by atoms with Crippen LogP contribution in [0, 0.1) is 5.92 Å². The summed E-state index contributed by atoms with van der Waals surface area (Å²) < 4.78 is 2.70. The molecule has 1 aliphatic carbocycles. The Morgan fingerprint density at radius 2 is 1.88 bits per heavy atom. The molecule has 0 saturated heterocycles. The molecular formula is C20H19BrN4O. The predicted molar refractivity (Wildman–Crippen MR) is 107 cm³/mol. The second-order valence-electron chi connectivity index (χ2n) is 6.51. The number of amides is 2. The normalized spacial score (nSPS) is 13.4. The van der Waals surface area contributed by atoms with Crippen molar-refractivity contribution >= 4 is 33.5 Å². The molecular weight excluding hydrogens is 392 g/mol. The Kier molecular flexibility index (Phi) is 4.75. The fourth-order valence-electron chi connectivity index (χ4n) is 2.85. The smallest absolute Gasteiger partial charge is 0.308 e. The number of hydrogen-bond acceptors (Lipinski definition) is 2. The molecule has 0 atom stereocenters. The van der Waals surface area contributed by atoms with Crippen LogP contribution in [0.3, 0.4) is 0 Å². The number of benzene rings is 2. The van der Waals surface area contributed by atoms with Crippen LogP contribution in [0.1, 0.15) is 18.5 Å². The highest BCUT2D eigenvalue weighted by Gasteiger charge is 2.24. The average molecular weight is 411 g/mol. The second kappa shape index (κ2) is 7.33. The largest absolute Gasteiger partial charge is 0.324 e. The number of aromatic nitrogens is 2. The van der Waals surface area contributed by atoms with E-state index in [0.29, 0.717) is 5.82 Å². The Bertz CT molecular complexity index is 919. The van der Waals surface area contributed by atoms with Crippen molar-refractivity contribution in [2.24, 2.45) is 5.92 Å². The summed E-state index contributed by atoms with van der Waals surface area (Å²) in [5, 5.41) is 10.5. The van der Waals surface area contributed by atoms with E-state index < -0.39 is 0 Å². The lowest BCUT2D eigenvalue weighted by Crippen LogP contribution is -2.21. The lowest BCUT2D eigenvalue weighted by Gasteiger charge is -2.10. The van der Waals surface area contributed by atoms with Crippen LogP contribution in [-0.4, -0.2) is 15.8 Å². The molecule has 5 nitrogen and oxygen atoms in total. The highest BCUT2D eigenvalue weighted by molar-refractivity contribution is 9.10. The van der Waals surface area contributed by atoms with Gasteiger partial charge in [-0.25, -0.2) is 9.48 Å². The molecule has 0 radical (unpaired) electrons. The number of nitrogens with one attached hydrogen (secondary N) is 2. The van der Waals surface area contributed by atoms with Crippen molar-refractivity contribution in [3.8, 4) is 5.69 Å². The minimum absolute atomic E-state index is 0.293. The quantitative estimate of drug-likeness (QED) is 0.604. The SMILES string of the molecule is O=C(Nc1cccc(Br)c1)Nc1cc(CC2CC2)nn1-c1ccccc1. The van der Waals surface area contributed by atoms with Gasteiger partial charge in [0.15, 0.2) is 0 Å². The zero-order valence-electron chi connectivity index (χ0n) is 14.2. The third-order valence-corrected chi connectivity index (χ3v) is 4.77. The molecule has 132 valence electrons. The fraction of sp³-hybridized carbons (Fsp3) is 0.200. The van der Waals surface area contributed by atoms with Crippen LogP contribution in [0.4, 0.5) is 16.3 Å². The van der Waals surface area contributed by atoms with Crippen LogP contribution in [0.15, 0.2) is 65.1 Å². The number of urea groups is 1. The molecule has 26 heavy (non-hydrogen) atoms. The van der Waals surface area contributed by atoms with E-state index in [1.165, 1.54) is 12.8 Å². The van der Waals surface area contributed by atoms with Gasteiger partial charge in [-0.3, -0.25) is 5.32 Å². The molecule has 3 aromatic rings. The van der Waals surface area contributed by atoms with Crippen LogP contribution in [0.5, 0.6) is 0 Å². The van der Waals surface area contributed by atoms with Crippen molar-refractivity contribution in [1.29, 1.82) is 0 Å². The summed E-state index contributed by atoms with van der Waals surface area (Å²) in [6.07, 6.45) is 3.50. The van der Waals surface area contributed by atoms with Crippen LogP contribution in [0.2, 0.25) is 0 Å². The van der Waals surface area contributed by atoms with Crippen molar-refractivity contribution in [1.82, 2.24) is 9.78 Å². The minimum Gasteiger partial charge on any atom is -0.308 e. The second-order valence-corrected chi connectivity index (χ2v) is 7.42. The van der Waals surface area contributed by atoms with Gasteiger partial charge in [-0.05, 0) is 55.5 Å². The van der Waals surface area contributed by atoms with E-state index in [0.717, 1.165) is 33.9 Å². The first kappa shape index (κ1) is 16.8. The van der Waals surface area contributed by atoms with Gasteiger partial charge in [-0.15, -0.1) is 0 Å². The van der Waals surface area contributed by atoms with Gasteiger partial charge in [-0.2, -0.15) is 5.10 Å². The molecule has 1 heterocycles. The number of anilines is 2. The fourth-order valence-corrected chi connectivity index (χ4v) is 3.25. The van der Waals surface area contributed by atoms with Crippen LogP contribution in [-0.2, 0) is 6.42 Å². The molecule has 1 saturated carbocycles. The Morgan fingerprint density at radius 1 is 1.08 bits per heavy atom. The number of nitrogens with zero attached hydrogens (tertiary/aromatic N) is 2. The molecule has 2 amide bonds. The zero-order chi connectivity index (χ0) is 17.9. The summed E-state index contributed by atoms with van der Waals surface area (Å²) in [5.74, 6) is 1.40. The highest BCUT2D eigenvalue weighted by Crippen LogP contribution is 2.33. The molecule has 0 bridgehead atoms. The van der Waals surface area contributed by atoms with Gasteiger partial charge in [0.05, 0.1) is 11.4 Å². The summed E-state index contributed by atoms with van der Waals surface area (Å²) in [5.41, 5.74) is 2.65. The predicted octanol–water partition coefficient (Wildman–Crippen LogP) is 5.23. The van der Waals surface area contributed by atoms with Crippen molar-refractivity contribution < 1.29 is 4.79 Å². The number of para-hydroxylation sites is 1. The van der Waals surface area contributed by atoms with E-state index in [2.05, 4.69) is 26.6 Å². The standard InChI is InChI=1S/C20H19BrN4O/c21-15-5-4-6-16(12-15)22-20(26)23-19-13-17(11-14-9-10-14)24-25(19)18-7-2-1-3-8-18/h1-8,12-14H,9-11H2,(H2,22,23,26). The van der Waals surface area contributed by atoms with Crippen molar-refractivity contribution in [2.45, 2.75) is 19.3 Å². The average Bonchev–Trinajstić information content (AvgIpc) is 3.35. The van der Waals surface area contributed by atoms with Crippen molar-refractivity contribution in [3.63, 3.8) is 0 Å². The minimum atomic E-state index is -0.293. The van der Waals surface area contributed by atoms with Crippen LogP contribution >= 0.6 is 15.9 Å². The van der Waals surface area contributed by atoms with E-state index in [1.807, 2.05) is 60.7 Å². The van der Waals surface area contributed by atoms with Gasteiger partial charge in [0, 0.05) is 16.2 Å². The van der Waals surface area contributed by atoms with Gasteiger partial charge in [0.25, 0.3) is 0 Å². The van der Waals surface area contributed by atoms with E-state index in [4.69, 9.17) is 5.10 Å². The van der Waals surface area contributed by atoms with E-state index in [9.17, 15) is 4.79 Å². The summed E-state index contributed by atoms with van der Waals surface area (Å²) in [6.45, 7) is 0. The monoisotopic (exact) mass is 410 g/mol. The Morgan fingerprint density at radius 3 is 2.62 bits per heavy atom. The molecule has 4 rings (SSSR count). The van der Waals surface area contributed by atoms with Crippen LogP contribution < -0.4 is 10.6 Å². The Labute approximate surface area is 160 Å². The van der Waals surface area contributed by atoms with E-state index in [-0.39, 0.29) is 6.03 Å². The molecule has 1 aromatic heterocycles. The topological polar surface area (TPSA) is 59.0 Å². The molecule has 2 aromatic carbocycles. The van der Waals surface area contributed by atoms with Crippen molar-refractivity contribution in [2.75, 3.05) is 10.6 Å². The number of hydrogen-bond donors (Lipinski definition) is 2. The maximum Gasteiger partial charge on any atom is 0.324 e. The first-order chi connectivity index (χ1) is 12.7. The highest BCUT2D eigenvalue weighted by atomic mass is 79.9. The Hall–Kier alpha value is -2.60. The zero-order valence-corrected chi connectivity index (χ0v) is 15.7. The molecule has 2 N–H and O–H groups in total. The van der Waals surface area contributed by atoms with E-state index >= 15 is 0 Å². The third-order valence-electron chi connectivity index (χ3n) is 4.28. The molecule has 1 fully saturated rings. The van der Waals surface area contributed by atoms with Gasteiger partial charge >= 0.3 is 6.03 Å². The number of carbonyl (C=O) groups excluding carboxylic acids is 1. The van der Waals surface area contributed by atoms with E-state index in [1.54, 1.807) is 4.68 Å². The number of rotatable bonds is 5. The molecule has 6 heteroatoms. The maximum atomic E-state index is 12.4. The molecule has 0 unspecified atom stereocenters. The first-order valence-electron chi connectivity index (χ1n) is 8.65. The summed E-state index contributed by atoms with van der Waals surface area (Å²) >= 11 is 3.41. The van der Waals surface area contributed by atoms with Gasteiger partial charge in [-0.1, -0.05) is 40.2 Å². The maximum absolute atomic E-state index is 12.4. The summed E-state index contributed by atoms with van der Waals surface area (Å²) in [7, 11) is 0. The summed E-state index contributed by atoms with van der Waals surface area (Å²) in [4.78, 5) is 12.4. The summed E-state index contributed by atoms with van der Waals surface area (Å²) in [6, 6.07) is 19.0. The first-order valence-corrected chi connectivity index (χ1v) is 9.44. The van der Waals surface area contributed by atoms with Crippen molar-refractivity contribution in [3.05, 3.63) is 70.8 Å².